The Bertz CT molecular complexity index is 351. The molecule has 0 unspecified atom stereocenters. The molecule has 5 heteroatoms. The van der Waals surface area contributed by atoms with Crippen LogP contribution in [-0.2, 0) is 11.3 Å². The minimum atomic E-state index is -0.899. The Morgan fingerprint density at radius 1 is 1.35 bits per heavy atom. The molecule has 2 rings (SSSR count). The molecule has 0 N–H and O–H groups in total. The Labute approximate surface area is 113 Å². The molecule has 0 aliphatic carbocycles. The summed E-state index contributed by atoms with van der Waals surface area (Å²) < 4.78 is 0. The molecule has 0 aromatic carbocycles. The minimum absolute atomic E-state index is 0. The third-order valence-corrected chi connectivity index (χ3v) is 3.08. The van der Waals surface area contributed by atoms with Gasteiger partial charge in [-0.1, -0.05) is 0 Å². The molecule has 0 saturated carbocycles. The number of piperidine rings is 1. The summed E-state index contributed by atoms with van der Waals surface area (Å²) in [5.41, 5.74) is 1.22. The molecule has 0 radical (unpaired) electrons. The SMILES string of the molecule is O=C([O-])C1CCN(Cc2ccncc2)CC1.[Li+]. The summed E-state index contributed by atoms with van der Waals surface area (Å²) in [5, 5.41) is 10.7. The molecule has 4 nitrogen and oxygen atoms in total. The molecule has 1 aliphatic heterocycles. The van der Waals surface area contributed by atoms with Gasteiger partial charge in [-0.15, -0.1) is 0 Å². The van der Waals surface area contributed by atoms with Gasteiger partial charge in [0.05, 0.1) is 0 Å². The Kier molecular flexibility index (Phi) is 5.70. The maximum absolute atomic E-state index is 10.7. The first-order chi connectivity index (χ1) is 7.75. The van der Waals surface area contributed by atoms with E-state index in [4.69, 9.17) is 0 Å². The molecule has 0 spiro atoms. The van der Waals surface area contributed by atoms with Crippen LogP contribution < -0.4 is 24.0 Å². The van der Waals surface area contributed by atoms with Gasteiger partial charge in [0.15, 0.2) is 0 Å². The number of likely N-dealkylation sites (tertiary alicyclic amines) is 1. The van der Waals surface area contributed by atoms with Crippen LogP contribution in [0.15, 0.2) is 24.5 Å². The summed E-state index contributed by atoms with van der Waals surface area (Å²) >= 11 is 0. The van der Waals surface area contributed by atoms with E-state index >= 15 is 0 Å². The zero-order valence-corrected chi connectivity index (χ0v) is 10.1. The Morgan fingerprint density at radius 3 is 2.47 bits per heavy atom. The first-order valence-electron chi connectivity index (χ1n) is 5.58. The van der Waals surface area contributed by atoms with Crippen LogP contribution in [-0.4, -0.2) is 28.9 Å². The molecule has 1 fully saturated rings. The number of rotatable bonds is 3. The monoisotopic (exact) mass is 226 g/mol. The smallest absolute Gasteiger partial charge is 0.550 e. The number of carbonyl (C=O) groups is 1. The molecule has 2 heterocycles. The summed E-state index contributed by atoms with van der Waals surface area (Å²) in [4.78, 5) is 16.9. The van der Waals surface area contributed by atoms with Crippen LogP contribution in [0.5, 0.6) is 0 Å². The van der Waals surface area contributed by atoms with Crippen molar-refractivity contribution in [1.29, 1.82) is 0 Å². The number of aliphatic carboxylic acids is 1. The molecule has 0 atom stereocenters. The summed E-state index contributed by atoms with van der Waals surface area (Å²) in [6.07, 6.45) is 4.97. The number of carboxylic acids is 1. The van der Waals surface area contributed by atoms with Gasteiger partial charge >= 0.3 is 18.9 Å². The average molecular weight is 226 g/mol. The van der Waals surface area contributed by atoms with E-state index < -0.39 is 5.97 Å². The van der Waals surface area contributed by atoms with Crippen molar-refractivity contribution in [3.8, 4) is 0 Å². The first kappa shape index (κ1) is 14.2. The Morgan fingerprint density at radius 2 is 1.94 bits per heavy atom. The fraction of sp³-hybridized carbons (Fsp3) is 0.500. The van der Waals surface area contributed by atoms with Crippen LogP contribution in [0.4, 0.5) is 0 Å². The minimum Gasteiger partial charge on any atom is -0.550 e. The van der Waals surface area contributed by atoms with Crippen LogP contribution in [0.3, 0.4) is 0 Å². The van der Waals surface area contributed by atoms with E-state index in [1.807, 2.05) is 12.1 Å². The summed E-state index contributed by atoms with van der Waals surface area (Å²) in [6.45, 7) is 2.55. The maximum atomic E-state index is 10.7. The topological polar surface area (TPSA) is 56.3 Å². The molecule has 1 aliphatic rings. The number of nitrogens with zero attached hydrogens (tertiary/aromatic N) is 2. The first-order valence-corrected chi connectivity index (χ1v) is 5.58. The third-order valence-electron chi connectivity index (χ3n) is 3.08. The van der Waals surface area contributed by atoms with E-state index in [0.717, 1.165) is 19.6 Å². The quantitative estimate of drug-likeness (QED) is 0.517. The predicted octanol–water partition coefficient (Wildman–Crippen LogP) is -2.95. The van der Waals surface area contributed by atoms with Crippen molar-refractivity contribution in [3.05, 3.63) is 30.1 Å². The number of aromatic nitrogens is 1. The molecule has 17 heavy (non-hydrogen) atoms. The second kappa shape index (κ2) is 6.80. The number of hydrogen-bond donors (Lipinski definition) is 0. The molecule has 1 aromatic heterocycles. The van der Waals surface area contributed by atoms with Gasteiger partial charge in [-0.2, -0.15) is 0 Å². The van der Waals surface area contributed by atoms with Gasteiger partial charge in [-0.3, -0.25) is 9.88 Å². The standard InChI is InChI=1S/C12H16N2O2.Li/c15-12(16)11-3-7-14(8-4-11)9-10-1-5-13-6-2-10;/h1-2,5-6,11H,3-4,7-9H2,(H,15,16);/q;+1/p-1. The predicted molar refractivity (Wildman–Crippen MR) is 57.2 cm³/mol. The number of hydrogen-bond acceptors (Lipinski definition) is 4. The normalized spacial score (nSPS) is 17.4. The maximum Gasteiger partial charge on any atom is 1.00 e. The van der Waals surface area contributed by atoms with Gasteiger partial charge in [0, 0.05) is 30.8 Å². The second-order valence-electron chi connectivity index (χ2n) is 4.22. The van der Waals surface area contributed by atoms with Crippen LogP contribution >= 0.6 is 0 Å². The van der Waals surface area contributed by atoms with Crippen LogP contribution in [0.2, 0.25) is 0 Å². The summed E-state index contributed by atoms with van der Waals surface area (Å²) in [7, 11) is 0. The average Bonchev–Trinajstić information content (AvgIpc) is 2.31. The van der Waals surface area contributed by atoms with Crippen LogP contribution in [0, 0.1) is 5.92 Å². The van der Waals surface area contributed by atoms with Crippen molar-refractivity contribution in [2.24, 2.45) is 5.92 Å². The van der Waals surface area contributed by atoms with Crippen molar-refractivity contribution in [3.63, 3.8) is 0 Å². The van der Waals surface area contributed by atoms with E-state index in [2.05, 4.69) is 9.88 Å². The Balaban J connectivity index is 0.00000144. The van der Waals surface area contributed by atoms with Crippen molar-refractivity contribution < 1.29 is 28.8 Å². The number of carbonyl (C=O) groups excluding carboxylic acids is 1. The van der Waals surface area contributed by atoms with E-state index in [1.165, 1.54) is 5.56 Å². The fourth-order valence-corrected chi connectivity index (χ4v) is 2.07. The largest absolute Gasteiger partial charge is 1.00 e. The molecule has 1 saturated heterocycles. The van der Waals surface area contributed by atoms with Gasteiger partial charge in [0.2, 0.25) is 0 Å². The van der Waals surface area contributed by atoms with Gasteiger partial charge in [0.25, 0.3) is 0 Å². The van der Waals surface area contributed by atoms with Crippen molar-refractivity contribution in [2.75, 3.05) is 13.1 Å². The Hall–Kier alpha value is -0.823. The summed E-state index contributed by atoms with van der Waals surface area (Å²) in [5.74, 6) is -1.16. The molecule has 1 aromatic rings. The fourth-order valence-electron chi connectivity index (χ4n) is 2.07. The van der Waals surface area contributed by atoms with Crippen LogP contribution in [0.1, 0.15) is 18.4 Å². The third kappa shape index (κ3) is 4.16. The molecule has 86 valence electrons. The van der Waals surface area contributed by atoms with Gasteiger partial charge in [0.1, 0.15) is 0 Å². The number of pyridine rings is 1. The van der Waals surface area contributed by atoms with E-state index in [-0.39, 0.29) is 24.8 Å². The zero-order valence-electron chi connectivity index (χ0n) is 10.1. The second-order valence-corrected chi connectivity index (χ2v) is 4.22. The van der Waals surface area contributed by atoms with Gasteiger partial charge in [-0.25, -0.2) is 0 Å². The van der Waals surface area contributed by atoms with Gasteiger partial charge < -0.3 is 9.90 Å². The molecule has 0 bridgehead atoms. The number of carboxylic acid groups (broad SMARTS) is 1. The van der Waals surface area contributed by atoms with Crippen molar-refractivity contribution in [2.45, 2.75) is 19.4 Å². The van der Waals surface area contributed by atoms with E-state index in [1.54, 1.807) is 12.4 Å². The zero-order chi connectivity index (χ0) is 11.4. The van der Waals surface area contributed by atoms with Crippen LogP contribution in [0.25, 0.3) is 0 Å². The molecular formula is C12H15LiN2O2. The van der Waals surface area contributed by atoms with Gasteiger partial charge in [-0.05, 0) is 43.6 Å². The summed E-state index contributed by atoms with van der Waals surface area (Å²) in [6, 6.07) is 3.98. The van der Waals surface area contributed by atoms with Crippen molar-refractivity contribution in [1.82, 2.24) is 9.88 Å². The van der Waals surface area contributed by atoms with E-state index in [0.29, 0.717) is 12.8 Å². The van der Waals surface area contributed by atoms with Crippen molar-refractivity contribution >= 4 is 5.97 Å². The van der Waals surface area contributed by atoms with E-state index in [9.17, 15) is 9.90 Å². The molecular weight excluding hydrogens is 211 g/mol. The molecule has 0 amide bonds.